The Bertz CT molecular complexity index is 612. The van der Waals surface area contributed by atoms with Crippen LogP contribution in [0.5, 0.6) is 0 Å². The molecular weight excluding hydrogens is 251 g/mol. The maximum Gasteiger partial charge on any atom is 0.170 e. The Morgan fingerprint density at radius 1 is 1.10 bits per heavy atom. The second kappa shape index (κ2) is 6.00. The minimum absolute atomic E-state index is 0.177. The van der Waals surface area contributed by atoms with Crippen molar-refractivity contribution in [3.63, 3.8) is 0 Å². The van der Waals surface area contributed by atoms with Gasteiger partial charge in [-0.3, -0.25) is 4.79 Å². The zero-order valence-corrected chi connectivity index (χ0v) is 12.1. The van der Waals surface area contributed by atoms with E-state index in [4.69, 9.17) is 0 Å². The molecule has 0 heterocycles. The standard InChI is InChI=1S/C18H19FO/c1-12(2)15-9-7-14(8-10-15)11-17(20)16-6-4-5-13(3)18(16)19/h4-10,12H,11H2,1-3H3. The molecule has 2 rings (SSSR count). The van der Waals surface area contributed by atoms with Gasteiger partial charge in [0, 0.05) is 6.42 Å². The summed E-state index contributed by atoms with van der Waals surface area (Å²) in [6.07, 6.45) is 0.235. The van der Waals surface area contributed by atoms with E-state index in [1.54, 1.807) is 25.1 Å². The van der Waals surface area contributed by atoms with Gasteiger partial charge in [-0.1, -0.05) is 50.2 Å². The lowest BCUT2D eigenvalue weighted by Gasteiger charge is -2.08. The van der Waals surface area contributed by atoms with Gasteiger partial charge in [-0.15, -0.1) is 0 Å². The monoisotopic (exact) mass is 270 g/mol. The van der Waals surface area contributed by atoms with Gasteiger partial charge in [-0.05, 0) is 35.6 Å². The summed E-state index contributed by atoms with van der Waals surface area (Å²) >= 11 is 0. The van der Waals surface area contributed by atoms with Gasteiger partial charge in [-0.2, -0.15) is 0 Å². The largest absolute Gasteiger partial charge is 0.294 e. The van der Waals surface area contributed by atoms with E-state index in [1.807, 2.05) is 24.3 Å². The Kier molecular flexibility index (Phi) is 4.33. The summed E-state index contributed by atoms with van der Waals surface area (Å²) < 4.78 is 13.9. The first kappa shape index (κ1) is 14.4. The number of carbonyl (C=O) groups excluding carboxylic acids is 1. The Balaban J connectivity index is 2.17. The van der Waals surface area contributed by atoms with Crippen molar-refractivity contribution in [1.29, 1.82) is 0 Å². The first-order chi connectivity index (χ1) is 9.49. The molecule has 0 saturated carbocycles. The highest BCUT2D eigenvalue weighted by atomic mass is 19.1. The molecule has 0 fully saturated rings. The molecule has 2 aromatic carbocycles. The van der Waals surface area contributed by atoms with Crippen LogP contribution < -0.4 is 0 Å². The molecule has 2 heteroatoms. The van der Waals surface area contributed by atoms with Crippen LogP contribution >= 0.6 is 0 Å². The molecule has 0 aliphatic heterocycles. The smallest absolute Gasteiger partial charge is 0.170 e. The summed E-state index contributed by atoms with van der Waals surface area (Å²) in [6.45, 7) is 5.92. The van der Waals surface area contributed by atoms with Crippen LogP contribution in [0.25, 0.3) is 0 Å². The van der Waals surface area contributed by atoms with Crippen LogP contribution in [0.3, 0.4) is 0 Å². The number of Topliss-reactive ketones (excluding diaryl/α,β-unsaturated/α-hetero) is 1. The molecule has 0 aromatic heterocycles. The lowest BCUT2D eigenvalue weighted by Crippen LogP contribution is -2.07. The zero-order valence-electron chi connectivity index (χ0n) is 12.1. The highest BCUT2D eigenvalue weighted by molar-refractivity contribution is 5.97. The normalized spacial score (nSPS) is 10.8. The van der Waals surface area contributed by atoms with Gasteiger partial charge in [0.15, 0.2) is 5.78 Å². The van der Waals surface area contributed by atoms with Crippen LogP contribution in [0, 0.1) is 12.7 Å². The molecule has 1 nitrogen and oxygen atoms in total. The maximum atomic E-state index is 13.9. The number of hydrogen-bond acceptors (Lipinski definition) is 1. The van der Waals surface area contributed by atoms with E-state index in [-0.39, 0.29) is 17.8 Å². The average Bonchev–Trinajstić information content (AvgIpc) is 2.42. The van der Waals surface area contributed by atoms with E-state index in [0.717, 1.165) is 5.56 Å². The highest BCUT2D eigenvalue weighted by Gasteiger charge is 2.13. The first-order valence-electron chi connectivity index (χ1n) is 6.86. The van der Waals surface area contributed by atoms with E-state index >= 15 is 0 Å². The molecule has 0 radical (unpaired) electrons. The molecule has 0 amide bonds. The maximum absolute atomic E-state index is 13.9. The molecule has 0 N–H and O–H groups in total. The van der Waals surface area contributed by atoms with E-state index in [1.165, 1.54) is 5.56 Å². The Labute approximate surface area is 119 Å². The summed E-state index contributed by atoms with van der Waals surface area (Å²) in [5, 5.41) is 0. The molecule has 0 spiro atoms. The summed E-state index contributed by atoms with van der Waals surface area (Å²) in [6, 6.07) is 12.9. The minimum Gasteiger partial charge on any atom is -0.294 e. The summed E-state index contributed by atoms with van der Waals surface area (Å²) in [5.74, 6) is -0.117. The van der Waals surface area contributed by atoms with Crippen molar-refractivity contribution in [2.45, 2.75) is 33.1 Å². The van der Waals surface area contributed by atoms with Gasteiger partial charge in [0.2, 0.25) is 0 Å². The van der Waals surface area contributed by atoms with Crippen molar-refractivity contribution in [1.82, 2.24) is 0 Å². The van der Waals surface area contributed by atoms with Gasteiger partial charge >= 0.3 is 0 Å². The van der Waals surface area contributed by atoms with Gasteiger partial charge in [0.1, 0.15) is 5.82 Å². The summed E-state index contributed by atoms with van der Waals surface area (Å²) in [7, 11) is 0. The number of halogens is 1. The lowest BCUT2D eigenvalue weighted by molar-refractivity contribution is 0.0989. The Hall–Kier alpha value is -1.96. The Morgan fingerprint density at radius 3 is 2.35 bits per heavy atom. The number of benzene rings is 2. The second-order valence-corrected chi connectivity index (χ2v) is 5.43. The molecular formula is C18H19FO. The summed E-state index contributed by atoms with van der Waals surface area (Å²) in [5.41, 5.74) is 2.84. The molecule has 0 atom stereocenters. The minimum atomic E-state index is -0.406. The molecule has 104 valence electrons. The van der Waals surface area contributed by atoms with Gasteiger partial charge < -0.3 is 0 Å². The van der Waals surface area contributed by atoms with E-state index in [2.05, 4.69) is 13.8 Å². The van der Waals surface area contributed by atoms with Crippen molar-refractivity contribution in [2.75, 3.05) is 0 Å². The van der Waals surface area contributed by atoms with Crippen molar-refractivity contribution in [2.24, 2.45) is 0 Å². The predicted molar refractivity (Wildman–Crippen MR) is 79.7 cm³/mol. The van der Waals surface area contributed by atoms with E-state index < -0.39 is 5.82 Å². The third-order valence-corrected chi connectivity index (χ3v) is 3.50. The third-order valence-electron chi connectivity index (χ3n) is 3.50. The van der Waals surface area contributed by atoms with Crippen LogP contribution in [0.4, 0.5) is 4.39 Å². The van der Waals surface area contributed by atoms with Gasteiger partial charge in [-0.25, -0.2) is 4.39 Å². The third kappa shape index (κ3) is 3.13. The van der Waals surface area contributed by atoms with Crippen LogP contribution in [0.1, 0.15) is 46.8 Å². The zero-order chi connectivity index (χ0) is 14.7. The fraction of sp³-hybridized carbons (Fsp3) is 0.278. The molecule has 2 aromatic rings. The van der Waals surface area contributed by atoms with Crippen molar-refractivity contribution in [3.05, 3.63) is 70.5 Å². The van der Waals surface area contributed by atoms with E-state index in [0.29, 0.717) is 11.5 Å². The number of hydrogen-bond donors (Lipinski definition) is 0. The fourth-order valence-electron chi connectivity index (χ4n) is 2.16. The first-order valence-corrected chi connectivity index (χ1v) is 6.86. The molecule has 0 unspecified atom stereocenters. The average molecular weight is 270 g/mol. The van der Waals surface area contributed by atoms with E-state index in [9.17, 15) is 9.18 Å². The number of aryl methyl sites for hydroxylation is 1. The topological polar surface area (TPSA) is 17.1 Å². The molecule has 0 saturated heterocycles. The molecule has 0 aliphatic rings. The molecule has 0 bridgehead atoms. The SMILES string of the molecule is Cc1cccc(C(=O)Cc2ccc(C(C)C)cc2)c1F. The summed E-state index contributed by atoms with van der Waals surface area (Å²) in [4.78, 5) is 12.2. The molecule has 20 heavy (non-hydrogen) atoms. The van der Waals surface area contributed by atoms with Crippen molar-refractivity contribution >= 4 is 5.78 Å². The van der Waals surface area contributed by atoms with Crippen LogP contribution in [0.15, 0.2) is 42.5 Å². The lowest BCUT2D eigenvalue weighted by atomic mass is 9.97. The van der Waals surface area contributed by atoms with Crippen molar-refractivity contribution in [3.8, 4) is 0 Å². The fourth-order valence-corrected chi connectivity index (χ4v) is 2.16. The predicted octanol–water partition coefficient (Wildman–Crippen LogP) is 4.68. The molecule has 0 aliphatic carbocycles. The second-order valence-electron chi connectivity index (χ2n) is 5.43. The quantitative estimate of drug-likeness (QED) is 0.737. The number of carbonyl (C=O) groups is 1. The van der Waals surface area contributed by atoms with Crippen LogP contribution in [0.2, 0.25) is 0 Å². The van der Waals surface area contributed by atoms with Crippen molar-refractivity contribution < 1.29 is 9.18 Å². The number of rotatable bonds is 4. The van der Waals surface area contributed by atoms with Gasteiger partial charge in [0.05, 0.1) is 5.56 Å². The highest BCUT2D eigenvalue weighted by Crippen LogP contribution is 2.17. The van der Waals surface area contributed by atoms with Crippen LogP contribution in [-0.4, -0.2) is 5.78 Å². The van der Waals surface area contributed by atoms with Crippen LogP contribution in [-0.2, 0) is 6.42 Å². The Morgan fingerprint density at radius 2 is 1.75 bits per heavy atom. The number of ketones is 1. The van der Waals surface area contributed by atoms with Gasteiger partial charge in [0.25, 0.3) is 0 Å².